The zero-order chi connectivity index (χ0) is 19.8. The minimum absolute atomic E-state index is 0.407. The molecule has 1 aromatic heterocycles. The Bertz CT molecular complexity index is 472. The largest absolute Gasteiger partial charge is 0.243 e. The zero-order valence-electron chi connectivity index (χ0n) is 19.0. The van der Waals surface area contributed by atoms with E-state index in [0.29, 0.717) is 20.2 Å². The predicted molar refractivity (Wildman–Crippen MR) is 115 cm³/mol. The Morgan fingerprint density at radius 2 is 1.08 bits per heavy atom. The Kier molecular flexibility index (Phi) is 6.66. The highest BCUT2D eigenvalue weighted by molar-refractivity contribution is 6.64. The standard InChI is InChI=1S/C21H43N2Si2/c1-18(2,3)24(19(4,5)6)16-22-13-14-23(15-22)17-25(20(7,8)9)21(10,11)12/h13-15H,16-17H2,1-12H3/q+1. The van der Waals surface area contributed by atoms with Crippen molar-refractivity contribution < 1.29 is 4.57 Å². The first kappa shape index (κ1) is 22.7. The summed E-state index contributed by atoms with van der Waals surface area (Å²) in [7, 11) is -1.08. The molecule has 0 aliphatic carbocycles. The lowest BCUT2D eigenvalue weighted by Gasteiger charge is -2.38. The molecule has 0 atom stereocenters. The maximum absolute atomic E-state index is 2.45. The number of rotatable bonds is 4. The lowest BCUT2D eigenvalue weighted by Crippen LogP contribution is -2.49. The van der Waals surface area contributed by atoms with Crippen LogP contribution in [-0.4, -0.2) is 22.2 Å². The monoisotopic (exact) mass is 379 g/mol. The molecule has 4 heteroatoms. The van der Waals surface area contributed by atoms with Crippen LogP contribution >= 0.6 is 0 Å². The van der Waals surface area contributed by atoms with Gasteiger partial charge >= 0.3 is 0 Å². The van der Waals surface area contributed by atoms with Crippen molar-refractivity contribution >= 4 is 17.6 Å². The molecular formula is C21H43N2Si2+. The van der Waals surface area contributed by atoms with Gasteiger partial charge in [-0.05, 0) is 20.2 Å². The summed E-state index contributed by atoms with van der Waals surface area (Å²) in [4.78, 5) is 0. The van der Waals surface area contributed by atoms with Gasteiger partial charge in [-0.15, -0.1) is 0 Å². The summed E-state index contributed by atoms with van der Waals surface area (Å²) < 4.78 is 4.91. The first-order valence-electron chi connectivity index (χ1n) is 9.71. The van der Waals surface area contributed by atoms with Crippen molar-refractivity contribution in [2.75, 3.05) is 0 Å². The molecule has 0 bridgehead atoms. The molecule has 1 heterocycles. The number of aromatic nitrogens is 2. The lowest BCUT2D eigenvalue weighted by molar-refractivity contribution is -0.680. The van der Waals surface area contributed by atoms with Crippen LogP contribution in [0.25, 0.3) is 0 Å². The fourth-order valence-electron chi connectivity index (χ4n) is 4.19. The second kappa shape index (κ2) is 7.34. The van der Waals surface area contributed by atoms with Crippen molar-refractivity contribution in [1.82, 2.24) is 4.57 Å². The predicted octanol–water partition coefficient (Wildman–Crippen LogP) is 6.04. The first-order chi connectivity index (χ1) is 10.9. The summed E-state index contributed by atoms with van der Waals surface area (Å²) in [6, 6.07) is 0. The average Bonchev–Trinajstić information content (AvgIpc) is 2.75. The van der Waals surface area contributed by atoms with Gasteiger partial charge in [-0.1, -0.05) is 83.1 Å². The lowest BCUT2D eigenvalue weighted by atomic mass is 10.2. The van der Waals surface area contributed by atoms with Crippen molar-refractivity contribution in [2.24, 2.45) is 0 Å². The second-order valence-corrected chi connectivity index (χ2v) is 20.3. The Hall–Kier alpha value is -0.356. The van der Waals surface area contributed by atoms with Crippen LogP contribution in [0.1, 0.15) is 83.1 Å². The normalized spacial score (nSPS) is 14.6. The third-order valence-corrected chi connectivity index (χ3v) is 13.7. The van der Waals surface area contributed by atoms with Gasteiger partial charge in [-0.2, -0.15) is 0 Å². The molecular weight excluding hydrogens is 336 g/mol. The number of imidazole rings is 1. The molecule has 2 nitrogen and oxygen atoms in total. The van der Waals surface area contributed by atoms with Crippen LogP contribution in [0.15, 0.2) is 18.7 Å². The van der Waals surface area contributed by atoms with Gasteiger partial charge in [0, 0.05) is 0 Å². The summed E-state index contributed by atoms with van der Waals surface area (Å²) in [5, 5.41) is 1.63. The Morgan fingerprint density at radius 1 is 0.680 bits per heavy atom. The van der Waals surface area contributed by atoms with Crippen molar-refractivity contribution in [3.8, 4) is 0 Å². The van der Waals surface area contributed by atoms with Gasteiger partial charge in [-0.3, -0.25) is 0 Å². The van der Waals surface area contributed by atoms with Crippen LogP contribution in [0.4, 0.5) is 0 Å². The smallest absolute Gasteiger partial charge is 0.240 e. The average molecular weight is 380 g/mol. The summed E-state index contributed by atoms with van der Waals surface area (Å²) in [6.45, 7) is 29.1. The maximum atomic E-state index is 2.45. The molecule has 1 rings (SSSR count). The molecule has 0 aliphatic rings. The minimum atomic E-state index is -0.541. The van der Waals surface area contributed by atoms with E-state index in [1.165, 1.54) is 12.3 Å². The van der Waals surface area contributed by atoms with E-state index in [2.05, 4.69) is 111 Å². The molecule has 0 unspecified atom stereocenters. The molecule has 2 radical (unpaired) electrons. The molecule has 25 heavy (non-hydrogen) atoms. The van der Waals surface area contributed by atoms with Gasteiger partial charge in [0.1, 0.15) is 30.0 Å². The van der Waals surface area contributed by atoms with E-state index < -0.39 is 17.6 Å². The number of nitrogens with zero attached hydrogens (tertiary/aromatic N) is 2. The van der Waals surface area contributed by atoms with Crippen molar-refractivity contribution in [2.45, 2.75) is 116 Å². The van der Waals surface area contributed by atoms with Gasteiger partial charge < -0.3 is 0 Å². The molecule has 0 saturated heterocycles. The van der Waals surface area contributed by atoms with Crippen LogP contribution in [0.2, 0.25) is 20.2 Å². The Morgan fingerprint density at radius 3 is 1.44 bits per heavy atom. The second-order valence-electron chi connectivity index (χ2n) is 11.7. The van der Waals surface area contributed by atoms with E-state index in [-0.39, 0.29) is 0 Å². The Labute approximate surface area is 161 Å². The summed E-state index contributed by atoms with van der Waals surface area (Å²) in [6.07, 6.45) is 9.35. The van der Waals surface area contributed by atoms with Crippen LogP contribution in [0.3, 0.4) is 0 Å². The molecule has 0 aromatic carbocycles. The van der Waals surface area contributed by atoms with Crippen molar-refractivity contribution in [3.05, 3.63) is 18.7 Å². The van der Waals surface area contributed by atoms with E-state index in [1.54, 1.807) is 0 Å². The van der Waals surface area contributed by atoms with Gasteiger partial charge in [-0.25, -0.2) is 9.13 Å². The van der Waals surface area contributed by atoms with Crippen LogP contribution in [0, 0.1) is 0 Å². The summed E-state index contributed by atoms with van der Waals surface area (Å²) in [5.41, 5.74) is 0. The van der Waals surface area contributed by atoms with E-state index in [0.717, 1.165) is 0 Å². The van der Waals surface area contributed by atoms with Crippen molar-refractivity contribution in [1.29, 1.82) is 0 Å². The molecule has 0 N–H and O–H groups in total. The van der Waals surface area contributed by atoms with Gasteiger partial charge in [0.2, 0.25) is 6.33 Å². The van der Waals surface area contributed by atoms with E-state index in [4.69, 9.17) is 0 Å². The van der Waals surface area contributed by atoms with Gasteiger partial charge in [0.25, 0.3) is 0 Å². The fraction of sp³-hybridized carbons (Fsp3) is 0.857. The van der Waals surface area contributed by atoms with Gasteiger partial charge in [0.05, 0.1) is 12.3 Å². The molecule has 0 fully saturated rings. The van der Waals surface area contributed by atoms with Gasteiger partial charge in [0.15, 0.2) is 0 Å². The minimum Gasteiger partial charge on any atom is -0.240 e. The third kappa shape index (κ3) is 6.70. The Balaban J connectivity index is 2.99. The van der Waals surface area contributed by atoms with Crippen LogP contribution < -0.4 is 4.57 Å². The first-order valence-corrected chi connectivity index (χ1v) is 13.1. The SMILES string of the molecule is CC(C)(C)[Si](Cn1cc[n+](C[Si](C(C)(C)C)C(C)(C)C)c1)C(C)(C)C. The molecule has 1 aromatic rings. The topological polar surface area (TPSA) is 8.81 Å². The molecule has 0 amide bonds. The number of hydrogen-bond donors (Lipinski definition) is 0. The van der Waals surface area contributed by atoms with E-state index in [1.807, 2.05) is 0 Å². The van der Waals surface area contributed by atoms with Crippen LogP contribution in [-0.2, 0) is 12.3 Å². The highest BCUT2D eigenvalue weighted by Gasteiger charge is 2.40. The summed E-state index contributed by atoms with van der Waals surface area (Å²) in [5.74, 6) is 0. The quantitative estimate of drug-likeness (QED) is 0.445. The summed E-state index contributed by atoms with van der Waals surface area (Å²) >= 11 is 0. The van der Waals surface area contributed by atoms with Crippen LogP contribution in [0.5, 0.6) is 0 Å². The van der Waals surface area contributed by atoms with E-state index in [9.17, 15) is 0 Å². The molecule has 0 aliphatic heterocycles. The highest BCUT2D eigenvalue weighted by Crippen LogP contribution is 2.43. The van der Waals surface area contributed by atoms with Crippen molar-refractivity contribution in [3.63, 3.8) is 0 Å². The number of hydrogen-bond acceptors (Lipinski definition) is 0. The molecule has 144 valence electrons. The van der Waals surface area contributed by atoms with E-state index >= 15 is 0 Å². The zero-order valence-corrected chi connectivity index (χ0v) is 21.0. The maximum Gasteiger partial charge on any atom is 0.243 e. The molecule has 0 spiro atoms. The highest BCUT2D eigenvalue weighted by atomic mass is 28.3. The fourth-order valence-corrected chi connectivity index (χ4v) is 11.7. The molecule has 0 saturated carbocycles. The third-order valence-electron chi connectivity index (χ3n) is 5.05.